The number of rotatable bonds is 5. The molecule has 0 bridgehead atoms. The van der Waals surface area contributed by atoms with Crippen LogP contribution in [0, 0.1) is 0 Å². The molecule has 0 aliphatic rings. The molecule has 0 amide bonds. The summed E-state index contributed by atoms with van der Waals surface area (Å²) >= 11 is 11.5. The molecule has 1 nitrogen and oxygen atoms in total. The molecule has 96 valence electrons. The molecule has 0 aliphatic heterocycles. The Morgan fingerprint density at radius 1 is 1.47 bits per heavy atom. The minimum atomic E-state index is 0.246. The zero-order valence-corrected chi connectivity index (χ0v) is 13.8. The van der Waals surface area contributed by atoms with Gasteiger partial charge in [0.25, 0.3) is 0 Å². The number of halogens is 2. The first-order valence-corrected chi connectivity index (χ1v) is 7.99. The second-order valence-corrected chi connectivity index (χ2v) is 7.57. The average Bonchev–Trinajstić information content (AvgIpc) is 2.26. The lowest BCUT2D eigenvalue weighted by Gasteiger charge is -2.25. The molecule has 0 aromatic heterocycles. The van der Waals surface area contributed by atoms with Crippen molar-refractivity contribution in [3.63, 3.8) is 0 Å². The van der Waals surface area contributed by atoms with Crippen LogP contribution in [-0.4, -0.2) is 17.5 Å². The summed E-state index contributed by atoms with van der Waals surface area (Å²) in [6.07, 6.45) is 2.14. The first-order chi connectivity index (χ1) is 7.85. The van der Waals surface area contributed by atoms with Crippen LogP contribution in [0.4, 0.5) is 0 Å². The van der Waals surface area contributed by atoms with Crippen LogP contribution in [0.5, 0.6) is 0 Å². The number of benzene rings is 1. The van der Waals surface area contributed by atoms with Crippen LogP contribution in [0.1, 0.15) is 32.4 Å². The fourth-order valence-corrected chi connectivity index (χ4v) is 2.50. The molecule has 1 rings (SSSR count). The number of hydrogen-bond acceptors (Lipinski definition) is 2. The van der Waals surface area contributed by atoms with Gasteiger partial charge in [-0.05, 0) is 44.7 Å². The minimum Gasteiger partial charge on any atom is -0.309 e. The van der Waals surface area contributed by atoms with Gasteiger partial charge in [0, 0.05) is 26.8 Å². The van der Waals surface area contributed by atoms with E-state index in [1.807, 2.05) is 23.9 Å². The van der Waals surface area contributed by atoms with Crippen LogP contribution in [0.25, 0.3) is 0 Å². The first kappa shape index (κ1) is 15.4. The van der Waals surface area contributed by atoms with Crippen LogP contribution in [0.15, 0.2) is 22.7 Å². The summed E-state index contributed by atoms with van der Waals surface area (Å²) in [6.45, 7) is 7.58. The van der Waals surface area contributed by atoms with Crippen molar-refractivity contribution >= 4 is 39.3 Å². The van der Waals surface area contributed by atoms with Gasteiger partial charge in [0.05, 0.1) is 0 Å². The van der Waals surface area contributed by atoms with Crippen LogP contribution >= 0.6 is 39.3 Å². The average molecular weight is 337 g/mol. The third kappa shape index (κ3) is 4.82. The first-order valence-electron chi connectivity index (χ1n) is 5.59. The molecule has 1 unspecified atom stereocenters. The van der Waals surface area contributed by atoms with Gasteiger partial charge >= 0.3 is 0 Å². The Labute approximate surface area is 122 Å². The highest BCUT2D eigenvalue weighted by atomic mass is 79.9. The van der Waals surface area contributed by atoms with Gasteiger partial charge in [-0.15, -0.1) is 0 Å². The topological polar surface area (TPSA) is 12.0 Å². The Morgan fingerprint density at radius 2 is 2.12 bits per heavy atom. The van der Waals surface area contributed by atoms with Gasteiger partial charge in [0.15, 0.2) is 0 Å². The van der Waals surface area contributed by atoms with Crippen LogP contribution < -0.4 is 5.32 Å². The normalized spacial score (nSPS) is 13.8. The monoisotopic (exact) mass is 335 g/mol. The van der Waals surface area contributed by atoms with Crippen molar-refractivity contribution in [3.8, 4) is 0 Å². The standard InChI is InChI=1S/C13H19BrClNS/c1-9(16-8-13(2,3)17-4)11-6-5-10(14)7-12(11)15/h5-7,9,16H,8H2,1-4H3. The summed E-state index contributed by atoms with van der Waals surface area (Å²) in [7, 11) is 0. The maximum atomic E-state index is 6.23. The fourth-order valence-electron chi connectivity index (χ4n) is 1.43. The van der Waals surface area contributed by atoms with Gasteiger partial charge in [-0.3, -0.25) is 0 Å². The van der Waals surface area contributed by atoms with E-state index in [4.69, 9.17) is 11.6 Å². The Balaban J connectivity index is 2.67. The van der Waals surface area contributed by atoms with E-state index in [0.717, 1.165) is 21.6 Å². The highest BCUT2D eigenvalue weighted by Crippen LogP contribution is 2.27. The van der Waals surface area contributed by atoms with Gasteiger partial charge in [0.2, 0.25) is 0 Å². The molecular formula is C13H19BrClNS. The lowest BCUT2D eigenvalue weighted by atomic mass is 10.1. The highest BCUT2D eigenvalue weighted by molar-refractivity contribution is 9.10. The predicted molar refractivity (Wildman–Crippen MR) is 83.2 cm³/mol. The van der Waals surface area contributed by atoms with Crippen molar-refractivity contribution in [2.75, 3.05) is 12.8 Å². The van der Waals surface area contributed by atoms with Crippen molar-refractivity contribution < 1.29 is 0 Å². The van der Waals surface area contributed by atoms with Gasteiger partial charge in [-0.1, -0.05) is 33.6 Å². The van der Waals surface area contributed by atoms with E-state index in [1.54, 1.807) is 0 Å². The molecule has 0 heterocycles. The summed E-state index contributed by atoms with van der Waals surface area (Å²) in [5.41, 5.74) is 1.15. The predicted octanol–water partition coefficient (Wildman–Crippen LogP) is 4.89. The Kier molecular flexibility index (Phi) is 5.84. The summed E-state index contributed by atoms with van der Waals surface area (Å²) in [5, 5.41) is 4.34. The second kappa shape index (κ2) is 6.46. The summed E-state index contributed by atoms with van der Waals surface area (Å²) in [4.78, 5) is 0. The molecular weight excluding hydrogens is 318 g/mol. The molecule has 0 fully saturated rings. The largest absolute Gasteiger partial charge is 0.309 e. The van der Waals surface area contributed by atoms with E-state index in [1.165, 1.54) is 0 Å². The quantitative estimate of drug-likeness (QED) is 0.821. The van der Waals surface area contributed by atoms with E-state index in [2.05, 4.69) is 54.3 Å². The lowest BCUT2D eigenvalue weighted by molar-refractivity contribution is 0.522. The number of hydrogen-bond donors (Lipinski definition) is 1. The molecule has 0 saturated heterocycles. The van der Waals surface area contributed by atoms with E-state index in [9.17, 15) is 0 Å². The number of thioether (sulfide) groups is 1. The van der Waals surface area contributed by atoms with Crippen molar-refractivity contribution in [2.24, 2.45) is 0 Å². The minimum absolute atomic E-state index is 0.246. The SMILES string of the molecule is CSC(C)(C)CNC(C)c1ccc(Br)cc1Cl. The fraction of sp³-hybridized carbons (Fsp3) is 0.538. The molecule has 1 aromatic carbocycles. The Hall–Kier alpha value is 0.300. The summed E-state index contributed by atoms with van der Waals surface area (Å²) in [5.74, 6) is 0. The highest BCUT2D eigenvalue weighted by Gasteiger charge is 2.18. The van der Waals surface area contributed by atoms with Gasteiger partial charge in [-0.2, -0.15) is 11.8 Å². The van der Waals surface area contributed by atoms with Gasteiger partial charge in [0.1, 0.15) is 0 Å². The third-order valence-electron chi connectivity index (χ3n) is 2.82. The third-order valence-corrected chi connectivity index (χ3v) is 4.89. The van der Waals surface area contributed by atoms with E-state index >= 15 is 0 Å². The molecule has 0 aliphatic carbocycles. The number of nitrogens with one attached hydrogen (secondary N) is 1. The van der Waals surface area contributed by atoms with Crippen molar-refractivity contribution in [2.45, 2.75) is 31.6 Å². The maximum absolute atomic E-state index is 6.23. The smallest absolute Gasteiger partial charge is 0.0464 e. The molecule has 1 atom stereocenters. The Bertz CT molecular complexity index is 382. The molecule has 1 aromatic rings. The van der Waals surface area contributed by atoms with Crippen molar-refractivity contribution in [1.29, 1.82) is 0 Å². The lowest BCUT2D eigenvalue weighted by Crippen LogP contribution is -2.33. The van der Waals surface area contributed by atoms with Crippen LogP contribution in [-0.2, 0) is 0 Å². The summed E-state index contributed by atoms with van der Waals surface area (Å²) < 4.78 is 1.26. The van der Waals surface area contributed by atoms with Crippen molar-refractivity contribution in [3.05, 3.63) is 33.3 Å². The molecule has 0 saturated carbocycles. The van der Waals surface area contributed by atoms with Crippen LogP contribution in [0.2, 0.25) is 5.02 Å². The molecule has 0 spiro atoms. The zero-order valence-electron chi connectivity index (χ0n) is 10.7. The van der Waals surface area contributed by atoms with E-state index in [0.29, 0.717) is 0 Å². The maximum Gasteiger partial charge on any atom is 0.0464 e. The summed E-state index contributed by atoms with van der Waals surface area (Å²) in [6, 6.07) is 6.30. The Morgan fingerprint density at radius 3 is 2.65 bits per heavy atom. The molecule has 1 N–H and O–H groups in total. The zero-order chi connectivity index (χ0) is 13.1. The molecule has 4 heteroatoms. The van der Waals surface area contributed by atoms with Gasteiger partial charge < -0.3 is 5.32 Å². The van der Waals surface area contributed by atoms with E-state index < -0.39 is 0 Å². The van der Waals surface area contributed by atoms with Crippen LogP contribution in [0.3, 0.4) is 0 Å². The molecule has 0 radical (unpaired) electrons. The van der Waals surface area contributed by atoms with Gasteiger partial charge in [-0.25, -0.2) is 0 Å². The van der Waals surface area contributed by atoms with E-state index in [-0.39, 0.29) is 10.8 Å². The molecule has 17 heavy (non-hydrogen) atoms. The second-order valence-electron chi connectivity index (χ2n) is 4.73. The van der Waals surface area contributed by atoms with Crippen molar-refractivity contribution in [1.82, 2.24) is 5.32 Å².